The van der Waals surface area contributed by atoms with Gasteiger partial charge in [0.15, 0.2) is 0 Å². The average Bonchev–Trinajstić information content (AvgIpc) is 2.31. The summed E-state index contributed by atoms with van der Waals surface area (Å²) in [5, 5.41) is 2.02. The molecule has 1 aliphatic rings. The first-order chi connectivity index (χ1) is 7.75. The summed E-state index contributed by atoms with van der Waals surface area (Å²) in [4.78, 5) is 4.50. The molecule has 0 bridgehead atoms. The van der Waals surface area contributed by atoms with Crippen molar-refractivity contribution >= 4 is 22.5 Å². The maximum Gasteiger partial charge on any atom is 0.133 e. The van der Waals surface area contributed by atoms with Crippen LogP contribution in [-0.2, 0) is 12.8 Å². The Labute approximate surface area is 100 Å². The van der Waals surface area contributed by atoms with Crippen LogP contribution in [0.1, 0.15) is 29.5 Å². The van der Waals surface area contributed by atoms with Crippen molar-refractivity contribution in [2.75, 3.05) is 0 Å². The van der Waals surface area contributed by atoms with Gasteiger partial charge in [-0.2, -0.15) is 0 Å². The van der Waals surface area contributed by atoms with E-state index in [9.17, 15) is 0 Å². The molecule has 0 unspecified atom stereocenters. The lowest BCUT2D eigenvalue weighted by atomic mass is 9.90. The van der Waals surface area contributed by atoms with E-state index in [-0.39, 0.29) is 0 Å². The van der Waals surface area contributed by atoms with Crippen molar-refractivity contribution < 1.29 is 0 Å². The van der Waals surface area contributed by atoms with E-state index in [1.807, 2.05) is 0 Å². The predicted octanol–water partition coefficient (Wildman–Crippen LogP) is 4.08. The van der Waals surface area contributed by atoms with Crippen LogP contribution in [0.3, 0.4) is 0 Å². The van der Waals surface area contributed by atoms with Crippen LogP contribution < -0.4 is 0 Å². The van der Waals surface area contributed by atoms with Gasteiger partial charge in [-0.05, 0) is 55.9 Å². The molecule has 0 N–H and O–H groups in total. The first-order valence-electron chi connectivity index (χ1n) is 5.83. The Bertz CT molecular complexity index is 560. The number of rotatable bonds is 0. The van der Waals surface area contributed by atoms with Crippen LogP contribution in [0.2, 0.25) is 5.15 Å². The lowest BCUT2D eigenvalue weighted by Crippen LogP contribution is -2.05. The number of hydrogen-bond donors (Lipinski definition) is 0. The molecule has 82 valence electrons. The van der Waals surface area contributed by atoms with Gasteiger partial charge >= 0.3 is 0 Å². The summed E-state index contributed by atoms with van der Waals surface area (Å²) < 4.78 is 0. The van der Waals surface area contributed by atoms with E-state index in [0.29, 0.717) is 5.15 Å². The standard InChI is InChI=1S/C14H14ClN/c1-9-6-7-13-12(8-9)10-4-2-3-5-11(10)14(15)16-13/h6-8H,2-5H2,1H3. The summed E-state index contributed by atoms with van der Waals surface area (Å²) in [6.45, 7) is 2.13. The molecular formula is C14H14ClN. The third kappa shape index (κ3) is 1.51. The second-order valence-electron chi connectivity index (χ2n) is 4.59. The quantitative estimate of drug-likeness (QED) is 0.623. The molecule has 16 heavy (non-hydrogen) atoms. The predicted molar refractivity (Wildman–Crippen MR) is 68.1 cm³/mol. The highest BCUT2D eigenvalue weighted by atomic mass is 35.5. The van der Waals surface area contributed by atoms with E-state index in [1.54, 1.807) is 0 Å². The van der Waals surface area contributed by atoms with Crippen molar-refractivity contribution in [3.05, 3.63) is 40.0 Å². The number of aryl methyl sites for hydroxylation is 2. The van der Waals surface area contributed by atoms with Crippen molar-refractivity contribution in [2.45, 2.75) is 32.6 Å². The molecule has 2 aromatic rings. The van der Waals surface area contributed by atoms with Gasteiger partial charge in [0.1, 0.15) is 5.15 Å². The van der Waals surface area contributed by atoms with Crippen LogP contribution in [0, 0.1) is 6.92 Å². The van der Waals surface area contributed by atoms with Crippen molar-refractivity contribution in [3.63, 3.8) is 0 Å². The zero-order valence-electron chi connectivity index (χ0n) is 9.39. The molecule has 1 aromatic carbocycles. The first-order valence-corrected chi connectivity index (χ1v) is 6.21. The fourth-order valence-corrected chi connectivity index (χ4v) is 2.89. The molecule has 1 aromatic heterocycles. The van der Waals surface area contributed by atoms with Gasteiger partial charge in [-0.1, -0.05) is 23.2 Å². The molecule has 0 spiro atoms. The van der Waals surface area contributed by atoms with Crippen LogP contribution in [0.25, 0.3) is 10.9 Å². The van der Waals surface area contributed by atoms with Crippen molar-refractivity contribution in [2.24, 2.45) is 0 Å². The van der Waals surface area contributed by atoms with Gasteiger partial charge in [0.25, 0.3) is 0 Å². The van der Waals surface area contributed by atoms with E-state index in [1.165, 1.54) is 34.9 Å². The van der Waals surface area contributed by atoms with Crippen molar-refractivity contribution in [1.29, 1.82) is 0 Å². The highest BCUT2D eigenvalue weighted by molar-refractivity contribution is 6.30. The summed E-state index contributed by atoms with van der Waals surface area (Å²) in [5.41, 5.74) is 5.05. The van der Waals surface area contributed by atoms with Gasteiger partial charge < -0.3 is 0 Å². The molecule has 0 aliphatic heterocycles. The van der Waals surface area contributed by atoms with E-state index in [0.717, 1.165) is 18.4 Å². The number of halogens is 1. The third-order valence-electron chi connectivity index (χ3n) is 3.41. The Kier molecular flexibility index (Phi) is 2.36. The molecule has 1 aliphatic carbocycles. The molecule has 0 atom stereocenters. The number of aromatic nitrogens is 1. The fraction of sp³-hybridized carbons (Fsp3) is 0.357. The fourth-order valence-electron chi connectivity index (χ4n) is 2.59. The molecule has 3 rings (SSSR count). The second-order valence-corrected chi connectivity index (χ2v) is 4.95. The number of fused-ring (bicyclic) bond motifs is 3. The largest absolute Gasteiger partial charge is 0.236 e. The minimum atomic E-state index is 0.714. The molecule has 0 saturated carbocycles. The zero-order valence-corrected chi connectivity index (χ0v) is 10.1. The van der Waals surface area contributed by atoms with Gasteiger partial charge in [0.2, 0.25) is 0 Å². The van der Waals surface area contributed by atoms with Gasteiger partial charge in [-0.25, -0.2) is 4.98 Å². The SMILES string of the molecule is Cc1ccc2nc(Cl)c3c(c2c1)CCCC3. The molecule has 0 fully saturated rings. The highest BCUT2D eigenvalue weighted by Gasteiger charge is 2.16. The number of hydrogen-bond acceptors (Lipinski definition) is 1. The van der Waals surface area contributed by atoms with Crippen LogP contribution >= 0.6 is 11.6 Å². The monoisotopic (exact) mass is 231 g/mol. The Morgan fingerprint density at radius 1 is 1.12 bits per heavy atom. The summed E-state index contributed by atoms with van der Waals surface area (Å²) in [7, 11) is 0. The molecule has 0 saturated heterocycles. The van der Waals surface area contributed by atoms with Gasteiger partial charge in [0, 0.05) is 5.39 Å². The maximum absolute atomic E-state index is 6.25. The summed E-state index contributed by atoms with van der Waals surface area (Å²) in [6, 6.07) is 6.41. The van der Waals surface area contributed by atoms with E-state index >= 15 is 0 Å². The van der Waals surface area contributed by atoms with E-state index in [2.05, 4.69) is 30.1 Å². The Morgan fingerprint density at radius 3 is 2.69 bits per heavy atom. The average molecular weight is 232 g/mol. The normalized spacial score (nSPS) is 15.1. The molecular weight excluding hydrogens is 218 g/mol. The minimum Gasteiger partial charge on any atom is -0.236 e. The minimum absolute atomic E-state index is 0.714. The molecule has 1 heterocycles. The second kappa shape index (κ2) is 3.74. The number of nitrogens with zero attached hydrogens (tertiary/aromatic N) is 1. The van der Waals surface area contributed by atoms with Crippen molar-refractivity contribution in [3.8, 4) is 0 Å². The third-order valence-corrected chi connectivity index (χ3v) is 3.73. The van der Waals surface area contributed by atoms with Crippen LogP contribution in [0.5, 0.6) is 0 Å². The van der Waals surface area contributed by atoms with Gasteiger partial charge in [0.05, 0.1) is 5.52 Å². The Hall–Kier alpha value is -1.08. The lowest BCUT2D eigenvalue weighted by molar-refractivity contribution is 0.687. The lowest BCUT2D eigenvalue weighted by Gasteiger charge is -2.19. The summed E-state index contributed by atoms with van der Waals surface area (Å²) in [5.74, 6) is 0. The molecule has 1 nitrogen and oxygen atoms in total. The Morgan fingerprint density at radius 2 is 1.88 bits per heavy atom. The van der Waals surface area contributed by atoms with Crippen molar-refractivity contribution in [1.82, 2.24) is 4.98 Å². The highest BCUT2D eigenvalue weighted by Crippen LogP contribution is 2.32. The maximum atomic E-state index is 6.25. The number of pyridine rings is 1. The number of benzene rings is 1. The molecule has 0 amide bonds. The Balaban J connectivity index is 2.38. The van der Waals surface area contributed by atoms with Crippen LogP contribution in [-0.4, -0.2) is 4.98 Å². The van der Waals surface area contributed by atoms with E-state index in [4.69, 9.17) is 11.6 Å². The van der Waals surface area contributed by atoms with Gasteiger partial charge in [-0.3, -0.25) is 0 Å². The molecule has 2 heteroatoms. The van der Waals surface area contributed by atoms with Gasteiger partial charge in [-0.15, -0.1) is 0 Å². The summed E-state index contributed by atoms with van der Waals surface area (Å²) >= 11 is 6.25. The zero-order chi connectivity index (χ0) is 11.1. The van der Waals surface area contributed by atoms with Crippen LogP contribution in [0.15, 0.2) is 18.2 Å². The van der Waals surface area contributed by atoms with Crippen LogP contribution in [0.4, 0.5) is 0 Å². The molecule has 0 radical (unpaired) electrons. The smallest absolute Gasteiger partial charge is 0.133 e. The van der Waals surface area contributed by atoms with E-state index < -0.39 is 0 Å². The topological polar surface area (TPSA) is 12.9 Å². The summed E-state index contributed by atoms with van der Waals surface area (Å²) in [6.07, 6.45) is 4.75. The first kappa shape index (κ1) is 10.1.